The van der Waals surface area contributed by atoms with E-state index < -0.39 is 28.9 Å². The summed E-state index contributed by atoms with van der Waals surface area (Å²) in [4.78, 5) is 43.6. The predicted octanol–water partition coefficient (Wildman–Crippen LogP) is 3.71. The Morgan fingerprint density at radius 3 is 2.42 bits per heavy atom. The summed E-state index contributed by atoms with van der Waals surface area (Å²) in [5.74, 6) is -2.53. The molecule has 2 heterocycles. The predicted molar refractivity (Wildman–Crippen MR) is 125 cm³/mol. The van der Waals surface area contributed by atoms with Gasteiger partial charge in [-0.05, 0) is 43.2 Å². The van der Waals surface area contributed by atoms with Gasteiger partial charge in [0.25, 0.3) is 17.6 Å². The molecule has 0 aliphatic carbocycles. The summed E-state index contributed by atoms with van der Waals surface area (Å²) in [6.45, 7) is 2.84. The Labute approximate surface area is 197 Å². The molecule has 172 valence electrons. The number of hydrogen-bond donors (Lipinski definition) is 1. The number of aliphatic hydroxyl groups excluding tert-OH is 1. The summed E-state index contributed by atoms with van der Waals surface area (Å²) in [7, 11) is 1.55. The molecular formula is C25H25ClN2O5. The number of nitrogens with zero attached hydrogens (tertiary/aromatic N) is 2. The third kappa shape index (κ3) is 3.43. The molecule has 8 heteroatoms. The number of ketones is 1. The van der Waals surface area contributed by atoms with Crippen LogP contribution in [0, 0.1) is 0 Å². The van der Waals surface area contributed by atoms with Gasteiger partial charge >= 0.3 is 0 Å². The summed E-state index contributed by atoms with van der Waals surface area (Å²) >= 11 is 5.99. The third-order valence-corrected chi connectivity index (χ3v) is 6.36. The van der Waals surface area contributed by atoms with Crippen LogP contribution in [0.4, 0.5) is 5.69 Å². The van der Waals surface area contributed by atoms with E-state index in [4.69, 9.17) is 16.3 Å². The number of ether oxygens (including phenoxy) is 1. The van der Waals surface area contributed by atoms with Gasteiger partial charge in [-0.25, -0.2) is 0 Å². The molecule has 0 bridgehead atoms. The number of benzene rings is 2. The van der Waals surface area contributed by atoms with Crippen LogP contribution < -0.4 is 4.90 Å². The van der Waals surface area contributed by atoms with Gasteiger partial charge in [0, 0.05) is 43.0 Å². The maximum atomic E-state index is 14.1. The molecule has 2 aliphatic rings. The minimum absolute atomic E-state index is 0.121. The van der Waals surface area contributed by atoms with Gasteiger partial charge < -0.3 is 19.6 Å². The number of methoxy groups -OCH3 is 1. The molecule has 7 nitrogen and oxygen atoms in total. The molecule has 2 aromatic rings. The number of rotatable bonds is 7. The van der Waals surface area contributed by atoms with Gasteiger partial charge in [-0.15, -0.1) is 0 Å². The van der Waals surface area contributed by atoms with Crippen LogP contribution in [-0.2, 0) is 24.7 Å². The third-order valence-electron chi connectivity index (χ3n) is 6.10. The standard InChI is InChI=1S/C25H25ClN2O5/c1-3-13-27-19-8-5-4-7-18(19)25(24(27)32)20(21(29)16-9-11-17(26)12-10-16)22(30)23(31)28(25)14-6-15-33-2/h4-5,7-12,29H,3,6,13-15H2,1-2H3/b21-20-. The smallest absolute Gasteiger partial charge is 0.296 e. The Bertz CT molecular complexity index is 1140. The molecule has 2 aliphatic heterocycles. The molecule has 0 aromatic heterocycles. The monoisotopic (exact) mass is 468 g/mol. The fourth-order valence-corrected chi connectivity index (χ4v) is 4.86. The Balaban J connectivity index is 2.01. The molecule has 1 fully saturated rings. The van der Waals surface area contributed by atoms with Gasteiger partial charge in [-0.1, -0.05) is 36.7 Å². The highest BCUT2D eigenvalue weighted by Gasteiger charge is 2.66. The van der Waals surface area contributed by atoms with E-state index in [0.717, 1.165) is 0 Å². The number of anilines is 1. The van der Waals surface area contributed by atoms with E-state index in [9.17, 15) is 19.5 Å². The highest BCUT2D eigenvalue weighted by molar-refractivity contribution is 6.50. The van der Waals surface area contributed by atoms with Crippen molar-refractivity contribution < 1.29 is 24.2 Å². The molecule has 1 atom stereocenters. The van der Waals surface area contributed by atoms with E-state index in [-0.39, 0.29) is 12.1 Å². The molecule has 1 spiro atoms. The van der Waals surface area contributed by atoms with E-state index in [1.807, 2.05) is 13.0 Å². The number of fused-ring (bicyclic) bond motifs is 2. The fourth-order valence-electron chi connectivity index (χ4n) is 4.73. The number of para-hydroxylation sites is 1. The lowest BCUT2D eigenvalue weighted by atomic mass is 9.82. The van der Waals surface area contributed by atoms with Crippen LogP contribution >= 0.6 is 11.6 Å². The fraction of sp³-hybridized carbons (Fsp3) is 0.320. The van der Waals surface area contributed by atoms with Gasteiger partial charge in [-0.2, -0.15) is 0 Å². The largest absolute Gasteiger partial charge is 0.507 e. The highest BCUT2D eigenvalue weighted by atomic mass is 35.5. The van der Waals surface area contributed by atoms with Crippen LogP contribution in [0.1, 0.15) is 30.9 Å². The van der Waals surface area contributed by atoms with Crippen molar-refractivity contribution in [1.82, 2.24) is 4.90 Å². The lowest BCUT2D eigenvalue weighted by molar-refractivity contribution is -0.143. The van der Waals surface area contributed by atoms with Gasteiger partial charge in [0.05, 0.1) is 11.3 Å². The number of carbonyl (C=O) groups excluding carboxylic acids is 3. The zero-order valence-corrected chi connectivity index (χ0v) is 19.3. The van der Waals surface area contributed by atoms with Crippen LogP contribution in [0.5, 0.6) is 0 Å². The second-order valence-corrected chi connectivity index (χ2v) is 8.48. The lowest BCUT2D eigenvalue weighted by Crippen LogP contribution is -2.52. The molecule has 2 amide bonds. The first-order chi connectivity index (χ1) is 15.9. The van der Waals surface area contributed by atoms with Crippen molar-refractivity contribution in [2.45, 2.75) is 25.3 Å². The van der Waals surface area contributed by atoms with Crippen molar-refractivity contribution in [3.8, 4) is 0 Å². The molecule has 2 aromatic carbocycles. The Morgan fingerprint density at radius 1 is 1.06 bits per heavy atom. The highest BCUT2D eigenvalue weighted by Crippen LogP contribution is 2.53. The van der Waals surface area contributed by atoms with E-state index in [2.05, 4.69) is 0 Å². The summed E-state index contributed by atoms with van der Waals surface area (Å²) in [5, 5.41) is 11.8. The maximum absolute atomic E-state index is 14.1. The van der Waals surface area contributed by atoms with Crippen LogP contribution in [0.3, 0.4) is 0 Å². The molecule has 0 saturated carbocycles. The van der Waals surface area contributed by atoms with E-state index in [1.165, 1.54) is 4.90 Å². The molecule has 4 rings (SSSR count). The molecule has 1 unspecified atom stereocenters. The van der Waals surface area contributed by atoms with Crippen molar-refractivity contribution in [2.75, 3.05) is 31.7 Å². The van der Waals surface area contributed by atoms with Crippen molar-refractivity contribution in [1.29, 1.82) is 0 Å². The van der Waals surface area contributed by atoms with Crippen molar-refractivity contribution >= 4 is 40.6 Å². The van der Waals surface area contributed by atoms with Crippen molar-refractivity contribution in [3.05, 3.63) is 70.3 Å². The first-order valence-electron chi connectivity index (χ1n) is 10.9. The van der Waals surface area contributed by atoms with Gasteiger partial charge in [0.2, 0.25) is 0 Å². The van der Waals surface area contributed by atoms with Gasteiger partial charge in [0.15, 0.2) is 5.54 Å². The minimum atomic E-state index is -1.74. The van der Waals surface area contributed by atoms with Crippen molar-refractivity contribution in [3.63, 3.8) is 0 Å². The molecule has 1 N–H and O–H groups in total. The summed E-state index contributed by atoms with van der Waals surface area (Å²) in [6.07, 6.45) is 1.11. The van der Waals surface area contributed by atoms with Gasteiger partial charge in [-0.3, -0.25) is 14.4 Å². The zero-order valence-electron chi connectivity index (χ0n) is 18.5. The maximum Gasteiger partial charge on any atom is 0.296 e. The Kier molecular flexibility index (Phi) is 6.28. The SMILES string of the molecule is CCCN1C(=O)C2(/C(=C(\O)c3ccc(Cl)cc3)C(=O)C(=O)N2CCCOC)c2ccccc21. The summed E-state index contributed by atoms with van der Waals surface area (Å²) < 4.78 is 5.13. The molecule has 0 radical (unpaired) electrons. The van der Waals surface area contributed by atoms with E-state index >= 15 is 0 Å². The number of Topliss-reactive ketones (excluding diaryl/α,β-unsaturated/α-hetero) is 1. The second-order valence-electron chi connectivity index (χ2n) is 8.05. The quantitative estimate of drug-likeness (QED) is 0.290. The molecule has 33 heavy (non-hydrogen) atoms. The summed E-state index contributed by atoms with van der Waals surface area (Å²) in [6, 6.07) is 13.4. The Morgan fingerprint density at radius 2 is 1.76 bits per heavy atom. The number of halogens is 1. The topological polar surface area (TPSA) is 87.2 Å². The average Bonchev–Trinajstić information content (AvgIpc) is 3.19. The van der Waals surface area contributed by atoms with E-state index in [1.54, 1.807) is 54.5 Å². The first-order valence-corrected chi connectivity index (χ1v) is 11.2. The average molecular weight is 469 g/mol. The van der Waals surface area contributed by atoms with Crippen LogP contribution in [0.15, 0.2) is 54.1 Å². The normalized spacial score (nSPS) is 21.4. The van der Waals surface area contributed by atoms with Crippen LogP contribution in [0.25, 0.3) is 5.76 Å². The number of carbonyl (C=O) groups is 3. The molecule has 1 saturated heterocycles. The summed E-state index contributed by atoms with van der Waals surface area (Å²) in [5.41, 5.74) is -0.519. The van der Waals surface area contributed by atoms with E-state index in [0.29, 0.717) is 47.8 Å². The Hall–Kier alpha value is -3.16. The lowest BCUT2D eigenvalue weighted by Gasteiger charge is -2.34. The minimum Gasteiger partial charge on any atom is -0.507 e. The van der Waals surface area contributed by atoms with Crippen molar-refractivity contribution in [2.24, 2.45) is 0 Å². The number of amides is 2. The number of aliphatic hydroxyl groups is 1. The van der Waals surface area contributed by atoms with Crippen LogP contribution in [-0.4, -0.2) is 54.4 Å². The second kappa shape index (κ2) is 9.00. The zero-order chi connectivity index (χ0) is 23.8. The molecular weight excluding hydrogens is 444 g/mol. The number of likely N-dealkylation sites (tertiary alicyclic amines) is 1. The number of hydrogen-bond acceptors (Lipinski definition) is 5. The first kappa shape index (κ1) is 23.0. The van der Waals surface area contributed by atoms with Gasteiger partial charge in [0.1, 0.15) is 5.76 Å². The van der Waals surface area contributed by atoms with Crippen LogP contribution in [0.2, 0.25) is 5.02 Å².